The summed E-state index contributed by atoms with van der Waals surface area (Å²) in [4.78, 5) is 28.2. The lowest BCUT2D eigenvalue weighted by Crippen LogP contribution is -2.39. The van der Waals surface area contributed by atoms with Crippen LogP contribution in [-0.2, 0) is 11.3 Å². The van der Waals surface area contributed by atoms with E-state index in [1.165, 1.54) is 6.20 Å². The van der Waals surface area contributed by atoms with Gasteiger partial charge in [0.25, 0.3) is 5.56 Å². The Morgan fingerprint density at radius 3 is 2.62 bits per heavy atom. The molecule has 0 radical (unpaired) electrons. The van der Waals surface area contributed by atoms with E-state index in [2.05, 4.69) is 11.9 Å². The summed E-state index contributed by atoms with van der Waals surface area (Å²) < 4.78 is 6.39. The van der Waals surface area contributed by atoms with E-state index in [1.54, 1.807) is 0 Å². The first-order valence-corrected chi connectivity index (χ1v) is 8.04. The number of aliphatic hydroxyl groups excluding tert-OH is 3. The summed E-state index contributed by atoms with van der Waals surface area (Å²) in [5, 5.41) is 29.0. The molecule has 24 heavy (non-hydrogen) atoms. The molecule has 0 amide bonds. The van der Waals surface area contributed by atoms with Crippen LogP contribution in [0.2, 0.25) is 0 Å². The van der Waals surface area contributed by atoms with Crippen LogP contribution in [0.5, 0.6) is 0 Å². The third-order valence-corrected chi connectivity index (χ3v) is 4.17. The predicted octanol–water partition coefficient (Wildman–Crippen LogP) is -1.62. The lowest BCUT2D eigenvalue weighted by Gasteiger charge is -2.20. The van der Waals surface area contributed by atoms with Crippen molar-refractivity contribution in [3.8, 4) is 0 Å². The number of aliphatic hydroxyl groups is 3. The smallest absolute Gasteiger partial charge is 0.330 e. The minimum Gasteiger partial charge on any atom is -0.394 e. The van der Waals surface area contributed by atoms with Crippen molar-refractivity contribution < 1.29 is 20.1 Å². The number of nitrogens with one attached hydrogen (secondary N) is 1. The second-order valence-corrected chi connectivity index (χ2v) is 6.14. The molecule has 0 bridgehead atoms. The number of ether oxygens (including phenoxy) is 1. The van der Waals surface area contributed by atoms with Gasteiger partial charge in [0.05, 0.1) is 6.61 Å². The van der Waals surface area contributed by atoms with Crippen LogP contribution in [0.25, 0.3) is 0 Å². The molecule has 4 N–H and O–H groups in total. The zero-order chi connectivity index (χ0) is 17.9. The standard InChI is InChI=1S/C15H25N3O6/c1-3-4-5-17(2)6-9-7-18(15(23)16-13(9)22)14-12(21)11(20)10(8-19)24-14/h7,10-12,14,19-21H,3-6,8H2,1-2H3,(H,16,22,23). The summed E-state index contributed by atoms with van der Waals surface area (Å²) in [5.74, 6) is 0. The number of unbranched alkanes of at least 4 members (excludes halogenated alkanes) is 1. The van der Waals surface area contributed by atoms with Gasteiger partial charge in [0.1, 0.15) is 18.3 Å². The van der Waals surface area contributed by atoms with Gasteiger partial charge in [-0.15, -0.1) is 0 Å². The molecule has 2 heterocycles. The molecular formula is C15H25N3O6. The second-order valence-electron chi connectivity index (χ2n) is 6.14. The highest BCUT2D eigenvalue weighted by atomic mass is 16.6. The Morgan fingerprint density at radius 1 is 1.33 bits per heavy atom. The first-order valence-electron chi connectivity index (χ1n) is 8.04. The molecule has 0 aliphatic carbocycles. The summed E-state index contributed by atoms with van der Waals surface area (Å²) in [7, 11) is 1.87. The summed E-state index contributed by atoms with van der Waals surface area (Å²) >= 11 is 0. The maximum atomic E-state index is 12.0. The lowest BCUT2D eigenvalue weighted by molar-refractivity contribution is -0.0551. The molecule has 9 nitrogen and oxygen atoms in total. The molecule has 0 spiro atoms. The molecular weight excluding hydrogens is 318 g/mol. The van der Waals surface area contributed by atoms with E-state index < -0.39 is 42.4 Å². The summed E-state index contributed by atoms with van der Waals surface area (Å²) in [6, 6.07) is 0. The van der Waals surface area contributed by atoms with Crippen molar-refractivity contribution in [2.45, 2.75) is 50.8 Å². The SMILES string of the molecule is CCCCN(C)Cc1cn(C2OC(CO)C(O)C2O)c(=O)[nH]c1=O. The number of hydrogen-bond acceptors (Lipinski definition) is 7. The topological polar surface area (TPSA) is 128 Å². The Balaban J connectivity index is 2.27. The zero-order valence-corrected chi connectivity index (χ0v) is 13.9. The summed E-state index contributed by atoms with van der Waals surface area (Å²) in [6.45, 7) is 2.73. The van der Waals surface area contributed by atoms with E-state index in [0.29, 0.717) is 12.1 Å². The average Bonchev–Trinajstić information content (AvgIpc) is 2.83. The fraction of sp³-hybridized carbons (Fsp3) is 0.733. The van der Waals surface area contributed by atoms with E-state index in [0.717, 1.165) is 24.0 Å². The third kappa shape index (κ3) is 3.93. The van der Waals surface area contributed by atoms with Gasteiger partial charge in [0, 0.05) is 18.3 Å². The Bertz CT molecular complexity index is 657. The molecule has 1 saturated heterocycles. The first kappa shape index (κ1) is 18.8. The van der Waals surface area contributed by atoms with Crippen LogP contribution in [0.1, 0.15) is 31.6 Å². The molecule has 136 valence electrons. The van der Waals surface area contributed by atoms with Crippen LogP contribution in [0, 0.1) is 0 Å². The lowest BCUT2D eigenvalue weighted by atomic mass is 10.1. The van der Waals surface area contributed by atoms with E-state index >= 15 is 0 Å². The van der Waals surface area contributed by atoms with Gasteiger partial charge in [-0.25, -0.2) is 4.79 Å². The van der Waals surface area contributed by atoms with Gasteiger partial charge in [-0.1, -0.05) is 13.3 Å². The van der Waals surface area contributed by atoms with Crippen molar-refractivity contribution in [2.24, 2.45) is 0 Å². The van der Waals surface area contributed by atoms with Crippen LogP contribution in [0.15, 0.2) is 15.8 Å². The second kappa shape index (κ2) is 8.04. The summed E-state index contributed by atoms with van der Waals surface area (Å²) in [5.41, 5.74) is -0.882. The molecule has 9 heteroatoms. The molecule has 1 aliphatic heterocycles. The van der Waals surface area contributed by atoms with Crippen molar-refractivity contribution >= 4 is 0 Å². The quantitative estimate of drug-likeness (QED) is 0.468. The van der Waals surface area contributed by atoms with Gasteiger partial charge in [-0.2, -0.15) is 0 Å². The fourth-order valence-corrected chi connectivity index (χ4v) is 2.74. The van der Waals surface area contributed by atoms with E-state index in [1.807, 2.05) is 11.9 Å². The average molecular weight is 343 g/mol. The minimum atomic E-state index is -1.38. The monoisotopic (exact) mass is 343 g/mol. The van der Waals surface area contributed by atoms with Crippen LogP contribution in [0.3, 0.4) is 0 Å². The Kier molecular flexibility index (Phi) is 6.30. The molecule has 1 aromatic heterocycles. The fourth-order valence-electron chi connectivity index (χ4n) is 2.74. The minimum absolute atomic E-state index is 0.338. The molecule has 1 fully saturated rings. The predicted molar refractivity (Wildman–Crippen MR) is 85.6 cm³/mol. The van der Waals surface area contributed by atoms with Gasteiger partial charge in [0.15, 0.2) is 6.23 Å². The van der Waals surface area contributed by atoms with Crippen molar-refractivity contribution in [2.75, 3.05) is 20.2 Å². The van der Waals surface area contributed by atoms with E-state index in [9.17, 15) is 19.8 Å². The van der Waals surface area contributed by atoms with Crippen LogP contribution >= 0.6 is 0 Å². The number of rotatable bonds is 7. The van der Waals surface area contributed by atoms with E-state index in [4.69, 9.17) is 9.84 Å². The number of H-pyrrole nitrogens is 1. The Morgan fingerprint density at radius 2 is 2.04 bits per heavy atom. The van der Waals surface area contributed by atoms with Gasteiger partial charge in [-0.3, -0.25) is 14.3 Å². The first-order chi connectivity index (χ1) is 11.4. The van der Waals surface area contributed by atoms with Crippen molar-refractivity contribution in [3.63, 3.8) is 0 Å². The Hall–Kier alpha value is -1.52. The maximum Gasteiger partial charge on any atom is 0.330 e. The van der Waals surface area contributed by atoms with Crippen molar-refractivity contribution in [3.05, 3.63) is 32.6 Å². The maximum absolute atomic E-state index is 12.0. The van der Waals surface area contributed by atoms with Gasteiger partial charge >= 0.3 is 5.69 Å². The van der Waals surface area contributed by atoms with Gasteiger partial charge < -0.3 is 25.0 Å². The normalized spacial score (nSPS) is 27.1. The van der Waals surface area contributed by atoms with Crippen LogP contribution in [-0.4, -0.2) is 68.3 Å². The van der Waals surface area contributed by atoms with Gasteiger partial charge in [0.2, 0.25) is 0 Å². The summed E-state index contributed by atoms with van der Waals surface area (Å²) in [6.07, 6.45) is -1.48. The van der Waals surface area contributed by atoms with Crippen molar-refractivity contribution in [1.29, 1.82) is 0 Å². The number of aromatic amines is 1. The Labute approximate surface area is 139 Å². The van der Waals surface area contributed by atoms with Crippen molar-refractivity contribution in [1.82, 2.24) is 14.5 Å². The van der Waals surface area contributed by atoms with Crippen LogP contribution < -0.4 is 11.2 Å². The molecule has 1 aromatic rings. The van der Waals surface area contributed by atoms with Gasteiger partial charge in [-0.05, 0) is 20.0 Å². The molecule has 0 saturated carbocycles. The van der Waals surface area contributed by atoms with Crippen LogP contribution in [0.4, 0.5) is 0 Å². The zero-order valence-electron chi connectivity index (χ0n) is 13.9. The molecule has 4 unspecified atom stereocenters. The number of nitrogens with zero attached hydrogens (tertiary/aromatic N) is 2. The number of aromatic nitrogens is 2. The molecule has 2 rings (SSSR count). The highest BCUT2D eigenvalue weighted by Gasteiger charge is 2.43. The molecule has 0 aromatic carbocycles. The van der Waals surface area contributed by atoms with E-state index in [-0.39, 0.29) is 0 Å². The molecule has 4 atom stereocenters. The highest BCUT2D eigenvalue weighted by Crippen LogP contribution is 2.28. The third-order valence-electron chi connectivity index (χ3n) is 4.17. The highest BCUT2D eigenvalue weighted by molar-refractivity contribution is 5.06. The largest absolute Gasteiger partial charge is 0.394 e. The molecule has 1 aliphatic rings. The number of hydrogen-bond donors (Lipinski definition) is 4.